The SMILES string of the molecule is CCCCCCCCCCCCCCCCCCNC(=O)[C@H](O)[C@@H](O)[C@@H](O[C@@H]1O[C@H](CO)[C@H](O)[C@H](O)[C@H]1O)[C@H](O)CO. The van der Waals surface area contributed by atoms with E-state index in [0.29, 0.717) is 6.42 Å². The van der Waals surface area contributed by atoms with E-state index < -0.39 is 74.2 Å². The molecule has 0 radical (unpaired) electrons. The molecule has 0 aromatic rings. The van der Waals surface area contributed by atoms with Crippen molar-refractivity contribution in [2.45, 2.75) is 165 Å². The molecule has 0 unspecified atom stereocenters. The monoisotopic (exact) mass is 609 g/mol. The highest BCUT2D eigenvalue weighted by Gasteiger charge is 2.47. The van der Waals surface area contributed by atoms with Crippen molar-refractivity contribution in [3.63, 3.8) is 0 Å². The molecule has 12 heteroatoms. The van der Waals surface area contributed by atoms with Crippen LogP contribution >= 0.6 is 0 Å². The van der Waals surface area contributed by atoms with Crippen LogP contribution in [0.3, 0.4) is 0 Å². The average molecular weight is 610 g/mol. The fourth-order valence-corrected chi connectivity index (χ4v) is 5.16. The van der Waals surface area contributed by atoms with E-state index in [2.05, 4.69) is 12.2 Å². The van der Waals surface area contributed by atoms with Crippen LogP contribution in [-0.2, 0) is 14.3 Å². The molecule has 1 saturated heterocycles. The number of aliphatic hydroxyl groups is 8. The Hall–Kier alpha value is -0.930. The molecule has 1 aliphatic heterocycles. The van der Waals surface area contributed by atoms with Crippen LogP contribution in [0.2, 0.25) is 0 Å². The molecule has 1 fully saturated rings. The Morgan fingerprint density at radius 2 is 1.21 bits per heavy atom. The molecule has 12 nitrogen and oxygen atoms in total. The Morgan fingerprint density at radius 3 is 1.67 bits per heavy atom. The minimum Gasteiger partial charge on any atom is -0.394 e. The molecule has 9 atom stereocenters. The van der Waals surface area contributed by atoms with Gasteiger partial charge in [0.2, 0.25) is 0 Å². The molecule has 0 aliphatic carbocycles. The van der Waals surface area contributed by atoms with Crippen LogP contribution in [0.5, 0.6) is 0 Å². The zero-order valence-corrected chi connectivity index (χ0v) is 25.4. The number of hydrogen-bond acceptors (Lipinski definition) is 11. The standard InChI is InChI=1S/C30H59NO11/c1-2-3-4-5-6-7-8-9-10-11-12-13-14-15-16-17-18-31-29(40)26(38)25(37)28(21(34)19-32)42-30-27(39)24(36)23(35)22(20-33)41-30/h21-28,30,32-39H,2-20H2,1H3,(H,31,40)/t21-,22-,23+,24+,25-,26-,27-,28+,30+/m1/s1. The van der Waals surface area contributed by atoms with Gasteiger partial charge in [-0.15, -0.1) is 0 Å². The van der Waals surface area contributed by atoms with Crippen LogP contribution < -0.4 is 5.32 Å². The van der Waals surface area contributed by atoms with Crippen LogP contribution in [0.4, 0.5) is 0 Å². The van der Waals surface area contributed by atoms with Gasteiger partial charge in [0.1, 0.15) is 42.7 Å². The molecule has 42 heavy (non-hydrogen) atoms. The lowest BCUT2D eigenvalue weighted by atomic mass is 9.98. The van der Waals surface area contributed by atoms with Gasteiger partial charge >= 0.3 is 0 Å². The Bertz CT molecular complexity index is 671. The lowest BCUT2D eigenvalue weighted by Crippen LogP contribution is -2.62. The lowest BCUT2D eigenvalue weighted by Gasteiger charge is -2.42. The minimum atomic E-state index is -2.04. The zero-order chi connectivity index (χ0) is 31.3. The van der Waals surface area contributed by atoms with Gasteiger partial charge in [0.15, 0.2) is 12.4 Å². The van der Waals surface area contributed by atoms with E-state index >= 15 is 0 Å². The molecule has 0 aromatic heterocycles. The molecule has 9 N–H and O–H groups in total. The third kappa shape index (κ3) is 14.7. The van der Waals surface area contributed by atoms with Crippen molar-refractivity contribution in [3.8, 4) is 0 Å². The predicted octanol–water partition coefficient (Wildman–Crippen LogP) is 0.624. The maximum absolute atomic E-state index is 12.4. The fourth-order valence-electron chi connectivity index (χ4n) is 5.16. The summed E-state index contributed by atoms with van der Waals surface area (Å²) >= 11 is 0. The Labute approximate surface area is 251 Å². The summed E-state index contributed by atoms with van der Waals surface area (Å²) in [6.07, 6.45) is 3.54. The first-order valence-electron chi connectivity index (χ1n) is 16.1. The van der Waals surface area contributed by atoms with Gasteiger partial charge in [0.05, 0.1) is 13.2 Å². The molecule has 1 rings (SSSR count). The van der Waals surface area contributed by atoms with Crippen molar-refractivity contribution in [1.29, 1.82) is 0 Å². The van der Waals surface area contributed by atoms with Crippen LogP contribution in [0.25, 0.3) is 0 Å². The van der Waals surface area contributed by atoms with Gasteiger partial charge in [0.25, 0.3) is 5.91 Å². The van der Waals surface area contributed by atoms with Crippen molar-refractivity contribution >= 4 is 5.91 Å². The Morgan fingerprint density at radius 1 is 0.738 bits per heavy atom. The number of hydrogen-bond donors (Lipinski definition) is 9. The summed E-state index contributed by atoms with van der Waals surface area (Å²) in [5.74, 6) is -0.906. The summed E-state index contributed by atoms with van der Waals surface area (Å²) in [5, 5.41) is 82.2. The molecule has 0 bridgehead atoms. The minimum absolute atomic E-state index is 0.280. The molecule has 250 valence electrons. The second kappa shape index (κ2) is 23.5. The number of amides is 1. The van der Waals surface area contributed by atoms with Crippen LogP contribution in [0.1, 0.15) is 110 Å². The van der Waals surface area contributed by atoms with Gasteiger partial charge in [-0.05, 0) is 6.42 Å². The number of nitrogens with one attached hydrogen (secondary N) is 1. The van der Waals surface area contributed by atoms with Gasteiger partial charge in [-0.25, -0.2) is 0 Å². The second-order valence-electron chi connectivity index (χ2n) is 11.6. The second-order valence-corrected chi connectivity index (χ2v) is 11.6. The van der Waals surface area contributed by atoms with E-state index in [9.17, 15) is 45.6 Å². The third-order valence-corrected chi connectivity index (χ3v) is 7.96. The van der Waals surface area contributed by atoms with Crippen molar-refractivity contribution in [1.82, 2.24) is 5.32 Å². The number of carbonyl (C=O) groups excluding carboxylic acids is 1. The van der Waals surface area contributed by atoms with Crippen LogP contribution in [-0.4, -0.2) is 122 Å². The molecule has 1 amide bonds. The molecular weight excluding hydrogens is 550 g/mol. The van der Waals surface area contributed by atoms with Gasteiger partial charge in [-0.3, -0.25) is 4.79 Å². The lowest BCUT2D eigenvalue weighted by molar-refractivity contribution is -0.326. The number of aliphatic hydroxyl groups excluding tert-OH is 8. The first kappa shape index (κ1) is 39.1. The van der Waals surface area contributed by atoms with E-state index in [1.165, 1.54) is 77.0 Å². The average Bonchev–Trinajstić information content (AvgIpc) is 2.99. The number of rotatable bonds is 25. The van der Waals surface area contributed by atoms with Gasteiger partial charge in [0, 0.05) is 6.54 Å². The number of ether oxygens (including phenoxy) is 2. The van der Waals surface area contributed by atoms with Crippen molar-refractivity contribution < 1.29 is 55.1 Å². The van der Waals surface area contributed by atoms with Crippen molar-refractivity contribution in [2.75, 3.05) is 19.8 Å². The Balaban J connectivity index is 2.25. The topological polar surface area (TPSA) is 209 Å². The molecule has 1 aliphatic rings. The van der Waals surface area contributed by atoms with Crippen molar-refractivity contribution in [2.24, 2.45) is 0 Å². The first-order chi connectivity index (χ1) is 20.2. The summed E-state index contributed by atoms with van der Waals surface area (Å²) in [5.41, 5.74) is 0. The summed E-state index contributed by atoms with van der Waals surface area (Å²) in [7, 11) is 0. The summed E-state index contributed by atoms with van der Waals surface area (Å²) < 4.78 is 10.5. The van der Waals surface area contributed by atoms with E-state index in [1.54, 1.807) is 0 Å². The van der Waals surface area contributed by atoms with Gasteiger partial charge < -0.3 is 55.6 Å². The van der Waals surface area contributed by atoms with Crippen LogP contribution in [0, 0.1) is 0 Å². The number of carbonyl (C=O) groups is 1. The first-order valence-corrected chi connectivity index (χ1v) is 16.1. The van der Waals surface area contributed by atoms with E-state index in [0.717, 1.165) is 19.3 Å². The van der Waals surface area contributed by atoms with E-state index in [-0.39, 0.29) is 6.54 Å². The Kier molecular flexibility index (Phi) is 21.8. The maximum atomic E-state index is 12.4. The molecule has 0 spiro atoms. The predicted molar refractivity (Wildman–Crippen MR) is 156 cm³/mol. The quantitative estimate of drug-likeness (QED) is 0.0655. The normalized spacial score (nSPS) is 25.6. The molecule has 0 saturated carbocycles. The number of unbranched alkanes of at least 4 members (excludes halogenated alkanes) is 15. The maximum Gasteiger partial charge on any atom is 0.251 e. The van der Waals surface area contributed by atoms with E-state index in [4.69, 9.17) is 9.47 Å². The van der Waals surface area contributed by atoms with Crippen molar-refractivity contribution in [3.05, 3.63) is 0 Å². The highest BCUT2D eigenvalue weighted by atomic mass is 16.7. The molecular formula is C30H59NO11. The zero-order valence-electron chi connectivity index (χ0n) is 25.4. The highest BCUT2D eigenvalue weighted by Crippen LogP contribution is 2.25. The fraction of sp³-hybridized carbons (Fsp3) is 0.967. The third-order valence-electron chi connectivity index (χ3n) is 7.96. The van der Waals surface area contributed by atoms with Crippen LogP contribution in [0.15, 0.2) is 0 Å². The van der Waals surface area contributed by atoms with Gasteiger partial charge in [-0.1, -0.05) is 103 Å². The summed E-state index contributed by atoms with van der Waals surface area (Å²) in [4.78, 5) is 12.4. The summed E-state index contributed by atoms with van der Waals surface area (Å²) in [6, 6.07) is 0. The molecule has 0 aromatic carbocycles. The molecule has 1 heterocycles. The largest absolute Gasteiger partial charge is 0.394 e. The van der Waals surface area contributed by atoms with E-state index in [1.807, 2.05) is 0 Å². The van der Waals surface area contributed by atoms with Gasteiger partial charge in [-0.2, -0.15) is 0 Å². The summed E-state index contributed by atoms with van der Waals surface area (Å²) in [6.45, 7) is 0.866. The smallest absolute Gasteiger partial charge is 0.251 e. The highest BCUT2D eigenvalue weighted by molar-refractivity contribution is 5.81.